The van der Waals surface area contributed by atoms with Gasteiger partial charge in [-0.25, -0.2) is 15.0 Å². The van der Waals surface area contributed by atoms with Gasteiger partial charge in [0.15, 0.2) is 23.2 Å². The summed E-state index contributed by atoms with van der Waals surface area (Å²) in [6, 6.07) is 8.65. The number of amides is 1. The molecule has 4 atom stereocenters. The number of aliphatic hydroxyl groups is 2. The van der Waals surface area contributed by atoms with Crippen LogP contribution < -0.4 is 5.32 Å². The molecule has 1 aliphatic rings. The number of aromatic nitrogens is 4. The first-order valence-corrected chi connectivity index (χ1v) is 10.2. The Morgan fingerprint density at radius 3 is 2.69 bits per heavy atom. The molecule has 1 aromatic carbocycles. The Morgan fingerprint density at radius 1 is 1.16 bits per heavy atom. The summed E-state index contributed by atoms with van der Waals surface area (Å²) in [5, 5.41) is 23.6. The Morgan fingerprint density at radius 2 is 1.94 bits per heavy atom. The minimum Gasteiger partial charge on any atom is -0.463 e. The third kappa shape index (κ3) is 4.31. The van der Waals surface area contributed by atoms with Gasteiger partial charge >= 0.3 is 5.97 Å². The number of carbonyl (C=O) groups is 2. The number of carbonyl (C=O) groups excluding carboxylic acids is 2. The summed E-state index contributed by atoms with van der Waals surface area (Å²) in [5.74, 6) is -0.566. The third-order valence-electron chi connectivity index (χ3n) is 5.10. The standard InChI is InChI=1S/C21H23N5O6/c1-2-6-14(27)31-9-13-16(28)17(29)21(32-13)26-11-24-15-18(22-10-23-19(15)26)25-20(30)12-7-4-3-5-8-12/h3-5,7-8,10-11,13,16-17,21,28-29H,2,6,9H2,1H3,(H,22,23,25,30)/t13-,16-,17-,21-/m1/s1. The molecule has 168 valence electrons. The van der Waals surface area contributed by atoms with E-state index in [4.69, 9.17) is 9.47 Å². The number of hydrogen-bond donors (Lipinski definition) is 3. The van der Waals surface area contributed by atoms with E-state index in [2.05, 4.69) is 20.3 Å². The highest BCUT2D eigenvalue weighted by Crippen LogP contribution is 2.32. The Balaban J connectivity index is 1.53. The molecule has 0 radical (unpaired) electrons. The molecule has 0 bridgehead atoms. The molecule has 1 saturated heterocycles. The van der Waals surface area contributed by atoms with Crippen molar-refractivity contribution in [3.8, 4) is 0 Å². The van der Waals surface area contributed by atoms with Crippen molar-refractivity contribution in [2.75, 3.05) is 11.9 Å². The molecule has 11 heteroatoms. The monoisotopic (exact) mass is 441 g/mol. The molecule has 0 unspecified atom stereocenters. The van der Waals surface area contributed by atoms with Gasteiger partial charge in [0.1, 0.15) is 31.2 Å². The maximum atomic E-state index is 12.5. The minimum atomic E-state index is -1.31. The summed E-state index contributed by atoms with van der Waals surface area (Å²) >= 11 is 0. The first-order valence-electron chi connectivity index (χ1n) is 10.2. The predicted molar refractivity (Wildman–Crippen MR) is 112 cm³/mol. The molecule has 1 aliphatic heterocycles. The molecule has 0 saturated carbocycles. The lowest BCUT2D eigenvalue weighted by Gasteiger charge is -2.16. The van der Waals surface area contributed by atoms with Crippen molar-refractivity contribution < 1.29 is 29.3 Å². The zero-order valence-corrected chi connectivity index (χ0v) is 17.3. The number of imidazole rings is 1. The number of aliphatic hydroxyl groups excluding tert-OH is 2. The first-order chi connectivity index (χ1) is 15.5. The highest BCUT2D eigenvalue weighted by molar-refractivity contribution is 6.06. The average molecular weight is 441 g/mol. The van der Waals surface area contributed by atoms with Crippen molar-refractivity contribution in [3.63, 3.8) is 0 Å². The second-order valence-electron chi connectivity index (χ2n) is 7.35. The van der Waals surface area contributed by atoms with Crippen LogP contribution in [0.5, 0.6) is 0 Å². The highest BCUT2D eigenvalue weighted by Gasteiger charge is 2.45. The molecular formula is C21H23N5O6. The predicted octanol–water partition coefficient (Wildman–Crippen LogP) is 1.04. The van der Waals surface area contributed by atoms with Gasteiger partial charge in [0.25, 0.3) is 5.91 Å². The fourth-order valence-corrected chi connectivity index (χ4v) is 3.45. The number of anilines is 1. The number of fused-ring (bicyclic) bond motifs is 1. The number of rotatable bonds is 7. The van der Waals surface area contributed by atoms with Gasteiger partial charge in [-0.05, 0) is 18.6 Å². The summed E-state index contributed by atoms with van der Waals surface area (Å²) < 4.78 is 12.3. The van der Waals surface area contributed by atoms with Crippen LogP contribution in [-0.4, -0.2) is 66.5 Å². The van der Waals surface area contributed by atoms with Crippen LogP contribution in [0.15, 0.2) is 43.0 Å². The lowest BCUT2D eigenvalue weighted by Crippen LogP contribution is -2.34. The van der Waals surface area contributed by atoms with E-state index in [0.717, 1.165) is 0 Å². The molecule has 0 spiro atoms. The Labute approximate surface area is 183 Å². The van der Waals surface area contributed by atoms with E-state index in [9.17, 15) is 19.8 Å². The van der Waals surface area contributed by atoms with Crippen LogP contribution in [0.3, 0.4) is 0 Å². The molecule has 11 nitrogen and oxygen atoms in total. The highest BCUT2D eigenvalue weighted by atomic mass is 16.6. The zero-order valence-electron chi connectivity index (χ0n) is 17.3. The van der Waals surface area contributed by atoms with Crippen molar-refractivity contribution in [2.45, 2.75) is 44.3 Å². The molecule has 1 amide bonds. The molecule has 3 heterocycles. The number of nitrogens with one attached hydrogen (secondary N) is 1. The van der Waals surface area contributed by atoms with Crippen molar-refractivity contribution in [1.29, 1.82) is 0 Å². The van der Waals surface area contributed by atoms with Gasteiger partial charge in [-0.15, -0.1) is 0 Å². The van der Waals surface area contributed by atoms with Crippen LogP contribution in [-0.2, 0) is 14.3 Å². The number of benzene rings is 1. The lowest BCUT2D eigenvalue weighted by molar-refractivity contribution is -0.150. The summed E-state index contributed by atoms with van der Waals surface area (Å²) in [4.78, 5) is 36.6. The van der Waals surface area contributed by atoms with Crippen molar-refractivity contribution in [1.82, 2.24) is 19.5 Å². The average Bonchev–Trinajstić information content (AvgIpc) is 3.35. The summed E-state index contributed by atoms with van der Waals surface area (Å²) in [7, 11) is 0. The second kappa shape index (κ2) is 9.39. The summed E-state index contributed by atoms with van der Waals surface area (Å²) in [6.07, 6.45) is -0.973. The van der Waals surface area contributed by atoms with Crippen LogP contribution in [0.25, 0.3) is 11.2 Å². The third-order valence-corrected chi connectivity index (χ3v) is 5.10. The van der Waals surface area contributed by atoms with E-state index in [1.54, 1.807) is 30.3 Å². The maximum absolute atomic E-state index is 12.5. The minimum absolute atomic E-state index is 0.187. The quantitative estimate of drug-likeness (QED) is 0.457. The van der Waals surface area contributed by atoms with E-state index in [1.807, 2.05) is 6.92 Å². The Bertz CT molecular complexity index is 1100. The summed E-state index contributed by atoms with van der Waals surface area (Å²) in [5.41, 5.74) is 1.04. The van der Waals surface area contributed by atoms with Crippen LogP contribution in [0.1, 0.15) is 36.4 Å². The van der Waals surface area contributed by atoms with Crippen molar-refractivity contribution in [3.05, 3.63) is 48.5 Å². The van der Waals surface area contributed by atoms with Gasteiger partial charge < -0.3 is 25.0 Å². The van der Waals surface area contributed by atoms with E-state index in [0.29, 0.717) is 23.1 Å². The molecule has 3 N–H and O–H groups in total. The Hall–Kier alpha value is -3.41. The van der Waals surface area contributed by atoms with Crippen molar-refractivity contribution in [2.24, 2.45) is 0 Å². The van der Waals surface area contributed by atoms with E-state index in [-0.39, 0.29) is 24.8 Å². The van der Waals surface area contributed by atoms with E-state index >= 15 is 0 Å². The topological polar surface area (TPSA) is 149 Å². The van der Waals surface area contributed by atoms with Crippen LogP contribution in [0, 0.1) is 0 Å². The van der Waals surface area contributed by atoms with Crippen molar-refractivity contribution >= 4 is 28.9 Å². The normalized spacial score (nSPS) is 22.7. The number of ether oxygens (including phenoxy) is 2. The molecule has 4 rings (SSSR count). The van der Waals surface area contributed by atoms with Gasteiger partial charge in [0.2, 0.25) is 0 Å². The first kappa shape index (κ1) is 21.8. The van der Waals surface area contributed by atoms with Crippen LogP contribution >= 0.6 is 0 Å². The van der Waals surface area contributed by atoms with Gasteiger partial charge in [0, 0.05) is 12.0 Å². The van der Waals surface area contributed by atoms with Gasteiger partial charge in [-0.1, -0.05) is 25.1 Å². The number of hydrogen-bond acceptors (Lipinski definition) is 9. The van der Waals surface area contributed by atoms with E-state index in [1.165, 1.54) is 17.2 Å². The molecule has 2 aromatic heterocycles. The molecule has 3 aromatic rings. The fraction of sp³-hybridized carbons (Fsp3) is 0.381. The number of esters is 1. The maximum Gasteiger partial charge on any atom is 0.305 e. The molecule has 1 fully saturated rings. The van der Waals surface area contributed by atoms with Gasteiger partial charge in [-0.2, -0.15) is 0 Å². The lowest BCUT2D eigenvalue weighted by atomic mass is 10.1. The zero-order chi connectivity index (χ0) is 22.7. The SMILES string of the molecule is CCCC(=O)OC[C@H]1O[C@@H](n2cnc3c(NC(=O)c4ccccc4)ncnc32)[C@H](O)[C@@H]1O. The van der Waals surface area contributed by atoms with Crippen LogP contribution in [0.2, 0.25) is 0 Å². The number of nitrogens with zero attached hydrogens (tertiary/aromatic N) is 4. The smallest absolute Gasteiger partial charge is 0.305 e. The Kier molecular flexibility index (Phi) is 6.40. The fourth-order valence-electron chi connectivity index (χ4n) is 3.45. The molecule has 0 aliphatic carbocycles. The second-order valence-corrected chi connectivity index (χ2v) is 7.35. The summed E-state index contributed by atoms with van der Waals surface area (Å²) in [6.45, 7) is 1.66. The van der Waals surface area contributed by atoms with Gasteiger partial charge in [0.05, 0.1) is 6.33 Å². The van der Waals surface area contributed by atoms with Crippen LogP contribution in [0.4, 0.5) is 5.82 Å². The van der Waals surface area contributed by atoms with E-state index < -0.39 is 30.5 Å². The molecule has 32 heavy (non-hydrogen) atoms. The van der Waals surface area contributed by atoms with Gasteiger partial charge in [-0.3, -0.25) is 14.2 Å². The molecular weight excluding hydrogens is 418 g/mol. The largest absolute Gasteiger partial charge is 0.463 e.